The van der Waals surface area contributed by atoms with Crippen LogP contribution >= 0.6 is 0 Å². The Morgan fingerprint density at radius 1 is 1.24 bits per heavy atom. The number of amides is 2. The molecule has 0 spiro atoms. The quantitative estimate of drug-likeness (QED) is 0.519. The highest BCUT2D eigenvalue weighted by atomic mass is 32.2. The number of imidazole rings is 1. The number of nitrogen functional groups attached to an aromatic ring is 1. The van der Waals surface area contributed by atoms with Crippen molar-refractivity contribution in [1.29, 1.82) is 0 Å². The minimum absolute atomic E-state index is 0.212. The number of morpholine rings is 1. The molecule has 4 atom stereocenters. The number of nitrogens with two attached hydrogens (primary N) is 1. The second-order valence-electron chi connectivity index (χ2n) is 8.46. The Kier molecular flexibility index (Phi) is 5.81. The first-order valence-electron chi connectivity index (χ1n) is 10.6. The molecule has 2 aromatic heterocycles. The smallest absolute Gasteiger partial charge is 0.363 e. The Labute approximate surface area is 194 Å². The fraction of sp³-hybridized carbons (Fsp3) is 0.667. The predicted octanol–water partition coefficient (Wildman–Crippen LogP) is -0.871. The number of hydrogen-bond donors (Lipinski definition) is 2. The molecule has 0 saturated carbocycles. The maximum atomic E-state index is 12.4. The molecule has 15 nitrogen and oxygen atoms in total. The third-order valence-electron chi connectivity index (χ3n) is 5.68. The molecule has 3 saturated heterocycles. The van der Waals surface area contributed by atoms with Crippen LogP contribution < -0.4 is 10.5 Å². The van der Waals surface area contributed by atoms with Crippen molar-refractivity contribution in [2.75, 3.05) is 38.6 Å². The molecule has 0 unspecified atom stereocenters. The van der Waals surface area contributed by atoms with Crippen molar-refractivity contribution in [3.8, 4) is 0 Å². The first-order chi connectivity index (χ1) is 16.1. The van der Waals surface area contributed by atoms with Gasteiger partial charge in [-0.25, -0.2) is 24.5 Å². The lowest BCUT2D eigenvalue weighted by Gasteiger charge is -2.27. The van der Waals surface area contributed by atoms with E-state index in [9.17, 15) is 13.2 Å². The summed E-state index contributed by atoms with van der Waals surface area (Å²) in [7, 11) is -4.40. The van der Waals surface area contributed by atoms with E-state index in [0.717, 1.165) is 0 Å². The molecule has 5 heterocycles. The van der Waals surface area contributed by atoms with Crippen LogP contribution in [0.3, 0.4) is 0 Å². The number of rotatable bonds is 5. The van der Waals surface area contributed by atoms with E-state index in [1.807, 2.05) is 4.72 Å². The minimum Gasteiger partial charge on any atom is -0.382 e. The van der Waals surface area contributed by atoms with Crippen LogP contribution in [0.4, 0.5) is 10.6 Å². The molecule has 0 radical (unpaired) electrons. The van der Waals surface area contributed by atoms with Crippen LogP contribution in [-0.4, -0.2) is 95.9 Å². The fourth-order valence-corrected chi connectivity index (χ4v) is 4.91. The zero-order chi connectivity index (χ0) is 24.1. The number of aromatic nitrogens is 4. The summed E-state index contributed by atoms with van der Waals surface area (Å²) in [6, 6.07) is -0.782. The summed E-state index contributed by atoms with van der Waals surface area (Å²) in [5.74, 6) is -0.729. The number of hydrogen-bond acceptors (Lipinski definition) is 12. The molecule has 0 aromatic carbocycles. The molecule has 5 rings (SSSR count). The maximum Gasteiger partial charge on any atom is 0.363 e. The van der Waals surface area contributed by atoms with E-state index < -0.39 is 53.3 Å². The summed E-state index contributed by atoms with van der Waals surface area (Å²) in [6.45, 7) is 4.31. The van der Waals surface area contributed by atoms with Gasteiger partial charge >= 0.3 is 16.3 Å². The van der Waals surface area contributed by atoms with E-state index >= 15 is 0 Å². The number of fused-ring (bicyclic) bond motifs is 2. The number of urea groups is 1. The fourth-order valence-electron chi connectivity index (χ4n) is 4.20. The van der Waals surface area contributed by atoms with Gasteiger partial charge in [-0.2, -0.15) is 8.42 Å². The van der Waals surface area contributed by atoms with Gasteiger partial charge in [-0.15, -0.1) is 0 Å². The van der Waals surface area contributed by atoms with Gasteiger partial charge in [-0.1, -0.05) is 0 Å². The van der Waals surface area contributed by atoms with Gasteiger partial charge in [0.05, 0.1) is 26.1 Å². The topological polar surface area (TPSA) is 182 Å². The van der Waals surface area contributed by atoms with Gasteiger partial charge in [0.2, 0.25) is 0 Å². The van der Waals surface area contributed by atoms with Gasteiger partial charge in [0.15, 0.2) is 23.5 Å². The molecule has 0 aliphatic carbocycles. The summed E-state index contributed by atoms with van der Waals surface area (Å²) >= 11 is 0. The number of carbonyl (C=O) groups excluding carboxylic acids is 1. The summed E-state index contributed by atoms with van der Waals surface area (Å²) in [5.41, 5.74) is 6.70. The summed E-state index contributed by atoms with van der Waals surface area (Å²) in [6.07, 6.45) is -0.0320. The lowest BCUT2D eigenvalue weighted by Crippen LogP contribution is -2.48. The van der Waals surface area contributed by atoms with Crippen LogP contribution in [0.5, 0.6) is 0 Å². The van der Waals surface area contributed by atoms with Gasteiger partial charge in [0, 0.05) is 13.1 Å². The van der Waals surface area contributed by atoms with Gasteiger partial charge in [-0.05, 0) is 13.8 Å². The highest BCUT2D eigenvalue weighted by Crippen LogP contribution is 2.44. The van der Waals surface area contributed by atoms with Gasteiger partial charge in [-0.3, -0.25) is 8.75 Å². The Bertz CT molecular complexity index is 1180. The van der Waals surface area contributed by atoms with Crippen molar-refractivity contribution >= 4 is 33.3 Å². The van der Waals surface area contributed by atoms with E-state index in [1.54, 1.807) is 18.4 Å². The first kappa shape index (κ1) is 23.1. The highest BCUT2D eigenvalue weighted by Gasteiger charge is 2.56. The van der Waals surface area contributed by atoms with Crippen LogP contribution in [0.2, 0.25) is 0 Å². The lowest BCUT2D eigenvalue weighted by atomic mass is 10.1. The van der Waals surface area contributed by atoms with Crippen molar-refractivity contribution < 1.29 is 36.3 Å². The zero-order valence-electron chi connectivity index (χ0n) is 18.5. The molecule has 2 amide bonds. The predicted molar refractivity (Wildman–Crippen MR) is 113 cm³/mol. The summed E-state index contributed by atoms with van der Waals surface area (Å²) < 4.78 is 56.6. The van der Waals surface area contributed by atoms with Crippen LogP contribution in [-0.2, 0) is 33.4 Å². The number of carbonyl (C=O) groups is 1. The number of nitrogens with zero attached hydrogens (tertiary/aromatic N) is 5. The number of anilines is 1. The molecule has 34 heavy (non-hydrogen) atoms. The van der Waals surface area contributed by atoms with Crippen molar-refractivity contribution in [3.05, 3.63) is 12.7 Å². The van der Waals surface area contributed by atoms with Crippen molar-refractivity contribution in [3.63, 3.8) is 0 Å². The molecule has 16 heteroatoms. The molecule has 3 N–H and O–H groups in total. The Balaban J connectivity index is 1.31. The largest absolute Gasteiger partial charge is 0.382 e. The Morgan fingerprint density at radius 2 is 1.97 bits per heavy atom. The third kappa shape index (κ3) is 4.39. The van der Waals surface area contributed by atoms with Gasteiger partial charge in [0.1, 0.15) is 30.2 Å². The maximum absolute atomic E-state index is 12.4. The second-order valence-corrected chi connectivity index (χ2v) is 9.81. The van der Waals surface area contributed by atoms with Crippen LogP contribution in [0, 0.1) is 0 Å². The molecule has 186 valence electrons. The monoisotopic (exact) mass is 499 g/mol. The van der Waals surface area contributed by atoms with Gasteiger partial charge in [0.25, 0.3) is 0 Å². The average molecular weight is 500 g/mol. The highest BCUT2D eigenvalue weighted by molar-refractivity contribution is 7.85. The molecular formula is C18H25N7O8S. The Morgan fingerprint density at radius 3 is 2.74 bits per heavy atom. The van der Waals surface area contributed by atoms with Crippen LogP contribution in [0.25, 0.3) is 11.2 Å². The lowest BCUT2D eigenvalue weighted by molar-refractivity contribution is -0.198. The summed E-state index contributed by atoms with van der Waals surface area (Å²) in [4.78, 5) is 26.0. The average Bonchev–Trinajstić information content (AvgIpc) is 3.44. The van der Waals surface area contributed by atoms with Crippen LogP contribution in [0.1, 0.15) is 20.1 Å². The molecular weight excluding hydrogens is 474 g/mol. The number of nitrogens with one attached hydrogen (secondary N) is 1. The van der Waals surface area contributed by atoms with E-state index in [4.69, 9.17) is 28.9 Å². The van der Waals surface area contributed by atoms with Crippen LogP contribution in [0.15, 0.2) is 12.7 Å². The minimum atomic E-state index is -4.40. The normalized spacial score (nSPS) is 28.8. The molecule has 0 bridgehead atoms. The van der Waals surface area contributed by atoms with Crippen molar-refractivity contribution in [1.82, 2.24) is 29.1 Å². The third-order valence-corrected chi connectivity index (χ3v) is 6.56. The molecule has 3 aliphatic heterocycles. The second kappa shape index (κ2) is 8.54. The Hall–Kier alpha value is -2.63. The van der Waals surface area contributed by atoms with E-state index in [0.29, 0.717) is 24.4 Å². The SMILES string of the molecule is CC1(C)O[C@@H]2[C@H](O1)[C@@H](COS(=O)(=O)NC(=O)N1CCOCC1)O[C@H]2n1cnc2c(N)ncnc21. The zero-order valence-corrected chi connectivity index (χ0v) is 19.3. The van der Waals surface area contributed by atoms with Crippen molar-refractivity contribution in [2.45, 2.75) is 44.2 Å². The standard InChI is InChI=1S/C18H25N7O8S/c1-18(2)32-12-10(7-30-34(27,28)23-17(26)24-3-5-29-6-4-24)31-16(13(12)33-18)25-9-22-11-14(19)20-8-21-15(11)25/h8-10,12-13,16H,3-7H2,1-2H3,(H,23,26)(H2,19,20,21)/t10-,12-,13-,16-/m1/s1. The van der Waals surface area contributed by atoms with Crippen molar-refractivity contribution in [2.24, 2.45) is 0 Å². The summed E-state index contributed by atoms with van der Waals surface area (Å²) in [5, 5.41) is 0. The molecule has 3 fully saturated rings. The first-order valence-corrected chi connectivity index (χ1v) is 12.0. The van der Waals surface area contributed by atoms with E-state index in [2.05, 4.69) is 15.0 Å². The number of ether oxygens (including phenoxy) is 4. The molecule has 2 aromatic rings. The molecule has 3 aliphatic rings. The van der Waals surface area contributed by atoms with E-state index in [-0.39, 0.29) is 18.9 Å². The van der Waals surface area contributed by atoms with E-state index in [1.165, 1.54) is 17.6 Å². The van der Waals surface area contributed by atoms with Gasteiger partial charge < -0.3 is 29.6 Å².